The standard InChI is InChI=1S/C15H28O3/c1-9(2)10-5-7-14(3)11(16)6-8-15(4,18)13(14)12(10)17/h9-13,16-18H,5-8H2,1-4H3/t10-,11+,12+,13-,14+,15-/m0/s1. The SMILES string of the molecule is CC(C)[C@@H]1CC[C@]2(C)[C@H](O)CC[C@](C)(O)[C@H]2[C@@H]1O. The smallest absolute Gasteiger partial charge is 0.0679 e. The van der Waals surface area contributed by atoms with Crippen LogP contribution in [0.1, 0.15) is 53.4 Å². The number of aliphatic hydroxyl groups is 3. The molecular formula is C15H28O3. The molecule has 106 valence electrons. The second-order valence-corrected chi connectivity index (χ2v) is 7.33. The highest BCUT2D eigenvalue weighted by Crippen LogP contribution is 2.56. The summed E-state index contributed by atoms with van der Waals surface area (Å²) in [6.45, 7) is 8.12. The van der Waals surface area contributed by atoms with Gasteiger partial charge in [0.1, 0.15) is 0 Å². The Kier molecular flexibility index (Phi) is 3.54. The Labute approximate surface area is 110 Å². The molecule has 2 aliphatic carbocycles. The summed E-state index contributed by atoms with van der Waals surface area (Å²) in [4.78, 5) is 0. The van der Waals surface area contributed by atoms with Crippen molar-refractivity contribution >= 4 is 0 Å². The van der Waals surface area contributed by atoms with Gasteiger partial charge in [-0.05, 0) is 44.4 Å². The number of rotatable bonds is 1. The summed E-state index contributed by atoms with van der Waals surface area (Å²) in [6.07, 6.45) is 2.16. The molecule has 0 aromatic heterocycles. The summed E-state index contributed by atoms with van der Waals surface area (Å²) >= 11 is 0. The van der Waals surface area contributed by atoms with E-state index in [1.54, 1.807) is 0 Å². The van der Waals surface area contributed by atoms with Gasteiger partial charge in [-0.1, -0.05) is 20.8 Å². The van der Waals surface area contributed by atoms with E-state index in [2.05, 4.69) is 13.8 Å². The van der Waals surface area contributed by atoms with Crippen LogP contribution in [0.25, 0.3) is 0 Å². The van der Waals surface area contributed by atoms with Gasteiger partial charge in [0.25, 0.3) is 0 Å². The van der Waals surface area contributed by atoms with Crippen molar-refractivity contribution in [2.24, 2.45) is 23.2 Å². The van der Waals surface area contributed by atoms with Crippen molar-refractivity contribution in [2.75, 3.05) is 0 Å². The third kappa shape index (κ3) is 2.00. The van der Waals surface area contributed by atoms with Gasteiger partial charge in [0.05, 0.1) is 17.8 Å². The summed E-state index contributed by atoms with van der Waals surface area (Å²) in [5, 5.41) is 31.6. The van der Waals surface area contributed by atoms with Crippen LogP contribution in [0.3, 0.4) is 0 Å². The third-order valence-corrected chi connectivity index (χ3v) is 5.72. The Morgan fingerprint density at radius 2 is 1.67 bits per heavy atom. The van der Waals surface area contributed by atoms with Crippen molar-refractivity contribution in [1.29, 1.82) is 0 Å². The third-order valence-electron chi connectivity index (χ3n) is 5.72. The predicted octanol–water partition coefficient (Wildman–Crippen LogP) is 1.94. The van der Waals surface area contributed by atoms with Gasteiger partial charge in [0.2, 0.25) is 0 Å². The topological polar surface area (TPSA) is 60.7 Å². The average Bonchev–Trinajstić information content (AvgIpc) is 2.23. The van der Waals surface area contributed by atoms with Crippen LogP contribution in [0, 0.1) is 23.2 Å². The van der Waals surface area contributed by atoms with Crippen molar-refractivity contribution in [3.8, 4) is 0 Å². The van der Waals surface area contributed by atoms with Gasteiger partial charge in [0.15, 0.2) is 0 Å². The molecule has 6 atom stereocenters. The summed E-state index contributed by atoms with van der Waals surface area (Å²) < 4.78 is 0. The summed E-state index contributed by atoms with van der Waals surface area (Å²) in [5.74, 6) is 0.439. The van der Waals surface area contributed by atoms with Gasteiger partial charge < -0.3 is 15.3 Å². The van der Waals surface area contributed by atoms with E-state index in [1.165, 1.54) is 0 Å². The van der Waals surface area contributed by atoms with E-state index >= 15 is 0 Å². The van der Waals surface area contributed by atoms with E-state index in [9.17, 15) is 15.3 Å². The fraction of sp³-hybridized carbons (Fsp3) is 1.00. The maximum absolute atomic E-state index is 10.7. The molecule has 0 bridgehead atoms. The first kappa shape index (κ1) is 14.3. The first-order valence-electron chi connectivity index (χ1n) is 7.28. The average molecular weight is 256 g/mol. The van der Waals surface area contributed by atoms with E-state index in [1.807, 2.05) is 13.8 Å². The highest BCUT2D eigenvalue weighted by atomic mass is 16.3. The molecule has 2 aliphatic rings. The highest BCUT2D eigenvalue weighted by molar-refractivity contribution is 5.08. The van der Waals surface area contributed by atoms with E-state index in [0.717, 1.165) is 12.8 Å². The van der Waals surface area contributed by atoms with Gasteiger partial charge in [-0.15, -0.1) is 0 Å². The molecule has 3 heteroatoms. The molecule has 0 aliphatic heterocycles. The normalized spacial score (nSPS) is 53.3. The van der Waals surface area contributed by atoms with E-state index in [4.69, 9.17) is 0 Å². The molecule has 2 saturated carbocycles. The van der Waals surface area contributed by atoms with Crippen molar-refractivity contribution < 1.29 is 15.3 Å². The van der Waals surface area contributed by atoms with Crippen LogP contribution >= 0.6 is 0 Å². The van der Waals surface area contributed by atoms with E-state index in [0.29, 0.717) is 18.8 Å². The van der Waals surface area contributed by atoms with Gasteiger partial charge in [0, 0.05) is 11.3 Å². The molecule has 0 amide bonds. The zero-order chi connectivity index (χ0) is 13.7. The zero-order valence-corrected chi connectivity index (χ0v) is 12.1. The molecule has 2 fully saturated rings. The Morgan fingerprint density at radius 3 is 2.22 bits per heavy atom. The Bertz CT molecular complexity index is 313. The minimum Gasteiger partial charge on any atom is -0.393 e. The molecule has 0 unspecified atom stereocenters. The largest absolute Gasteiger partial charge is 0.393 e. The van der Waals surface area contributed by atoms with Crippen molar-refractivity contribution in [2.45, 2.75) is 71.2 Å². The van der Waals surface area contributed by atoms with Crippen LogP contribution < -0.4 is 0 Å². The van der Waals surface area contributed by atoms with Gasteiger partial charge in [-0.25, -0.2) is 0 Å². The van der Waals surface area contributed by atoms with Crippen molar-refractivity contribution in [1.82, 2.24) is 0 Å². The van der Waals surface area contributed by atoms with Crippen LogP contribution in [0.5, 0.6) is 0 Å². The number of fused-ring (bicyclic) bond motifs is 1. The fourth-order valence-electron chi connectivity index (χ4n) is 4.54. The molecule has 0 spiro atoms. The number of hydrogen-bond acceptors (Lipinski definition) is 3. The van der Waals surface area contributed by atoms with E-state index < -0.39 is 17.8 Å². The summed E-state index contributed by atoms with van der Waals surface area (Å²) in [5.41, 5.74) is -1.20. The second kappa shape index (κ2) is 4.46. The second-order valence-electron chi connectivity index (χ2n) is 7.33. The molecule has 18 heavy (non-hydrogen) atoms. The Hall–Kier alpha value is -0.120. The molecule has 0 aromatic rings. The van der Waals surface area contributed by atoms with Crippen LogP contribution in [0.15, 0.2) is 0 Å². The lowest BCUT2D eigenvalue weighted by atomic mass is 9.50. The van der Waals surface area contributed by atoms with Gasteiger partial charge in [-0.2, -0.15) is 0 Å². The number of hydrogen-bond donors (Lipinski definition) is 3. The van der Waals surface area contributed by atoms with Crippen molar-refractivity contribution in [3.05, 3.63) is 0 Å². The first-order valence-corrected chi connectivity index (χ1v) is 7.28. The van der Waals surface area contributed by atoms with Crippen LogP contribution in [0.4, 0.5) is 0 Å². The molecular weight excluding hydrogens is 228 g/mol. The molecule has 0 saturated heterocycles. The minimum atomic E-state index is -0.860. The highest BCUT2D eigenvalue weighted by Gasteiger charge is 2.59. The maximum Gasteiger partial charge on any atom is 0.0679 e. The minimum absolute atomic E-state index is 0.213. The molecule has 0 heterocycles. The van der Waals surface area contributed by atoms with Crippen LogP contribution in [-0.2, 0) is 0 Å². The lowest BCUT2D eigenvalue weighted by Crippen LogP contribution is -2.63. The first-order chi connectivity index (χ1) is 8.20. The Balaban J connectivity index is 2.35. The summed E-state index contributed by atoms with van der Waals surface area (Å²) in [6, 6.07) is 0. The lowest BCUT2D eigenvalue weighted by Gasteiger charge is -2.58. The summed E-state index contributed by atoms with van der Waals surface area (Å²) in [7, 11) is 0. The van der Waals surface area contributed by atoms with Gasteiger partial charge in [-0.3, -0.25) is 0 Å². The molecule has 3 nitrogen and oxygen atoms in total. The monoisotopic (exact) mass is 256 g/mol. The fourth-order valence-corrected chi connectivity index (χ4v) is 4.54. The molecule has 2 rings (SSSR count). The molecule has 3 N–H and O–H groups in total. The molecule has 0 radical (unpaired) electrons. The molecule has 0 aromatic carbocycles. The quantitative estimate of drug-likeness (QED) is 0.672. The predicted molar refractivity (Wildman–Crippen MR) is 71.0 cm³/mol. The van der Waals surface area contributed by atoms with E-state index in [-0.39, 0.29) is 17.3 Å². The van der Waals surface area contributed by atoms with Crippen LogP contribution in [0.2, 0.25) is 0 Å². The lowest BCUT2D eigenvalue weighted by molar-refractivity contribution is -0.219. The Morgan fingerprint density at radius 1 is 1.06 bits per heavy atom. The maximum atomic E-state index is 10.7. The van der Waals surface area contributed by atoms with Gasteiger partial charge >= 0.3 is 0 Å². The van der Waals surface area contributed by atoms with Crippen LogP contribution in [-0.4, -0.2) is 33.1 Å². The zero-order valence-electron chi connectivity index (χ0n) is 12.1. The van der Waals surface area contributed by atoms with Crippen molar-refractivity contribution in [3.63, 3.8) is 0 Å². The number of aliphatic hydroxyl groups excluding tert-OH is 2.